The molecule has 3 N–H and O–H groups in total. The Kier molecular flexibility index (Phi) is 3.46. The molecule has 0 fully saturated rings. The predicted octanol–water partition coefficient (Wildman–Crippen LogP) is 2.70. The molecule has 2 aromatic rings. The molecule has 0 radical (unpaired) electrons. The third-order valence-electron chi connectivity index (χ3n) is 2.87. The summed E-state index contributed by atoms with van der Waals surface area (Å²) in [5.74, 6) is 0.419. The monoisotopic (exact) mass is 243 g/mol. The second kappa shape index (κ2) is 5.04. The summed E-state index contributed by atoms with van der Waals surface area (Å²) >= 11 is 0. The van der Waals surface area contributed by atoms with Crippen LogP contribution in [0.3, 0.4) is 0 Å². The van der Waals surface area contributed by atoms with Crippen LogP contribution >= 0.6 is 0 Å². The molecular weight excluding hydrogens is 226 g/mol. The maximum atomic E-state index is 7.61. The highest BCUT2D eigenvalue weighted by Crippen LogP contribution is 2.23. The summed E-state index contributed by atoms with van der Waals surface area (Å²) < 4.78 is 5.73. The SMILES string of the molecule is CCC(C)Oc1nc2ccccc2cc1C(=N)N. The summed E-state index contributed by atoms with van der Waals surface area (Å²) in [6, 6.07) is 9.58. The molecule has 18 heavy (non-hydrogen) atoms. The Hall–Kier alpha value is -2.10. The van der Waals surface area contributed by atoms with Crippen LogP contribution in [0.5, 0.6) is 5.88 Å². The predicted molar refractivity (Wildman–Crippen MR) is 73.1 cm³/mol. The zero-order valence-corrected chi connectivity index (χ0v) is 10.6. The van der Waals surface area contributed by atoms with E-state index in [4.69, 9.17) is 15.9 Å². The van der Waals surface area contributed by atoms with Crippen molar-refractivity contribution in [2.75, 3.05) is 0 Å². The molecule has 0 bridgehead atoms. The van der Waals surface area contributed by atoms with Gasteiger partial charge in [0, 0.05) is 5.39 Å². The number of nitrogens with one attached hydrogen (secondary N) is 1. The van der Waals surface area contributed by atoms with Crippen LogP contribution < -0.4 is 10.5 Å². The van der Waals surface area contributed by atoms with Crippen LogP contribution in [0.1, 0.15) is 25.8 Å². The summed E-state index contributed by atoms with van der Waals surface area (Å²) in [5, 5.41) is 8.57. The van der Waals surface area contributed by atoms with Crippen LogP contribution in [0.15, 0.2) is 30.3 Å². The number of benzene rings is 1. The van der Waals surface area contributed by atoms with Gasteiger partial charge in [-0.05, 0) is 25.5 Å². The van der Waals surface area contributed by atoms with Crippen molar-refractivity contribution in [2.24, 2.45) is 5.73 Å². The average Bonchev–Trinajstić information content (AvgIpc) is 2.37. The minimum absolute atomic E-state index is 0.0217. The number of rotatable bonds is 4. The molecule has 2 rings (SSSR count). The summed E-state index contributed by atoms with van der Waals surface area (Å²) in [7, 11) is 0. The molecular formula is C14H17N3O. The average molecular weight is 243 g/mol. The van der Waals surface area contributed by atoms with Gasteiger partial charge in [-0.2, -0.15) is 0 Å². The quantitative estimate of drug-likeness (QED) is 0.640. The van der Waals surface area contributed by atoms with Crippen molar-refractivity contribution in [3.8, 4) is 5.88 Å². The summed E-state index contributed by atoms with van der Waals surface area (Å²) in [6.07, 6.45) is 0.933. The lowest BCUT2D eigenvalue weighted by molar-refractivity contribution is 0.209. The number of amidine groups is 1. The number of nitrogens with zero attached hydrogens (tertiary/aromatic N) is 1. The molecule has 94 valence electrons. The van der Waals surface area contributed by atoms with Gasteiger partial charge >= 0.3 is 0 Å². The lowest BCUT2D eigenvalue weighted by atomic mass is 10.1. The van der Waals surface area contributed by atoms with Crippen LogP contribution in [0.2, 0.25) is 0 Å². The Bertz CT molecular complexity index is 580. The molecule has 0 spiro atoms. The molecule has 1 unspecified atom stereocenters. The molecule has 0 saturated heterocycles. The van der Waals surface area contributed by atoms with Crippen LogP contribution in [-0.2, 0) is 0 Å². The van der Waals surface area contributed by atoms with Crippen LogP contribution in [0.4, 0.5) is 0 Å². The van der Waals surface area contributed by atoms with E-state index in [2.05, 4.69) is 4.98 Å². The van der Waals surface area contributed by atoms with Gasteiger partial charge in [0.05, 0.1) is 17.2 Å². The molecule has 1 aromatic heterocycles. The van der Waals surface area contributed by atoms with Gasteiger partial charge in [0.15, 0.2) is 0 Å². The fraction of sp³-hybridized carbons (Fsp3) is 0.286. The van der Waals surface area contributed by atoms with Crippen LogP contribution in [0, 0.1) is 5.41 Å². The highest BCUT2D eigenvalue weighted by Gasteiger charge is 2.12. The van der Waals surface area contributed by atoms with Gasteiger partial charge in [-0.15, -0.1) is 0 Å². The number of nitrogens with two attached hydrogens (primary N) is 1. The van der Waals surface area contributed by atoms with Crippen LogP contribution in [-0.4, -0.2) is 16.9 Å². The molecule has 4 nitrogen and oxygen atoms in total. The van der Waals surface area contributed by atoms with E-state index < -0.39 is 0 Å². The van der Waals surface area contributed by atoms with Crippen molar-refractivity contribution in [3.63, 3.8) is 0 Å². The largest absolute Gasteiger partial charge is 0.474 e. The minimum atomic E-state index is -0.0217. The van der Waals surface area contributed by atoms with Crippen molar-refractivity contribution in [3.05, 3.63) is 35.9 Å². The van der Waals surface area contributed by atoms with Crippen molar-refractivity contribution in [2.45, 2.75) is 26.4 Å². The Balaban J connectivity index is 2.54. The van der Waals surface area contributed by atoms with E-state index in [0.717, 1.165) is 17.3 Å². The van der Waals surface area contributed by atoms with Crippen molar-refractivity contribution >= 4 is 16.7 Å². The number of hydrogen-bond donors (Lipinski definition) is 2. The first kappa shape index (κ1) is 12.4. The molecule has 4 heteroatoms. The number of hydrogen-bond acceptors (Lipinski definition) is 3. The third kappa shape index (κ3) is 2.42. The first-order valence-corrected chi connectivity index (χ1v) is 6.02. The third-order valence-corrected chi connectivity index (χ3v) is 2.87. The van der Waals surface area contributed by atoms with E-state index >= 15 is 0 Å². The second-order valence-electron chi connectivity index (χ2n) is 4.28. The van der Waals surface area contributed by atoms with Crippen molar-refractivity contribution < 1.29 is 4.74 Å². The fourth-order valence-electron chi connectivity index (χ4n) is 1.65. The number of fused-ring (bicyclic) bond motifs is 1. The lowest BCUT2D eigenvalue weighted by Gasteiger charge is -2.15. The number of ether oxygens (including phenoxy) is 1. The second-order valence-corrected chi connectivity index (χ2v) is 4.28. The molecule has 1 atom stereocenters. The van der Waals surface area contributed by atoms with Gasteiger partial charge in [0.2, 0.25) is 5.88 Å². The van der Waals surface area contributed by atoms with Crippen LogP contribution in [0.25, 0.3) is 10.9 Å². The summed E-state index contributed by atoms with van der Waals surface area (Å²) in [4.78, 5) is 4.44. The highest BCUT2D eigenvalue weighted by molar-refractivity contribution is 6.00. The van der Waals surface area contributed by atoms with E-state index in [1.807, 2.05) is 44.2 Å². The molecule has 1 heterocycles. The molecule has 0 aliphatic carbocycles. The normalized spacial score (nSPS) is 12.3. The number of pyridine rings is 1. The Morgan fingerprint density at radius 3 is 2.83 bits per heavy atom. The zero-order chi connectivity index (χ0) is 13.1. The topological polar surface area (TPSA) is 72.0 Å². The van der Waals surface area contributed by atoms with Gasteiger partial charge in [0.1, 0.15) is 5.84 Å². The van der Waals surface area contributed by atoms with Crippen molar-refractivity contribution in [1.82, 2.24) is 4.98 Å². The standard InChI is InChI=1S/C14H17N3O/c1-3-9(2)18-14-11(13(15)16)8-10-6-4-5-7-12(10)17-14/h4-9H,3H2,1-2H3,(H3,15,16). The Labute approximate surface area is 106 Å². The first-order valence-electron chi connectivity index (χ1n) is 6.02. The number of aromatic nitrogens is 1. The van der Waals surface area contributed by atoms with E-state index in [1.54, 1.807) is 0 Å². The van der Waals surface area contributed by atoms with E-state index in [0.29, 0.717) is 11.4 Å². The van der Waals surface area contributed by atoms with Gasteiger partial charge in [-0.25, -0.2) is 4.98 Å². The van der Waals surface area contributed by atoms with Gasteiger partial charge < -0.3 is 10.5 Å². The summed E-state index contributed by atoms with van der Waals surface area (Å²) in [5.41, 5.74) is 6.98. The fourth-order valence-corrected chi connectivity index (χ4v) is 1.65. The lowest BCUT2D eigenvalue weighted by Crippen LogP contribution is -2.18. The maximum Gasteiger partial charge on any atom is 0.225 e. The number of para-hydroxylation sites is 1. The van der Waals surface area contributed by atoms with Crippen molar-refractivity contribution in [1.29, 1.82) is 5.41 Å². The first-order chi connectivity index (χ1) is 8.61. The molecule has 0 aliphatic heterocycles. The van der Waals surface area contributed by atoms with E-state index in [1.165, 1.54) is 0 Å². The molecule has 1 aromatic carbocycles. The minimum Gasteiger partial charge on any atom is -0.474 e. The van der Waals surface area contributed by atoms with Gasteiger partial charge in [0.25, 0.3) is 0 Å². The smallest absolute Gasteiger partial charge is 0.225 e. The highest BCUT2D eigenvalue weighted by atomic mass is 16.5. The number of nitrogen functional groups attached to an aromatic ring is 1. The Morgan fingerprint density at radius 2 is 2.17 bits per heavy atom. The molecule has 0 saturated carbocycles. The van der Waals surface area contributed by atoms with Gasteiger partial charge in [-0.1, -0.05) is 25.1 Å². The zero-order valence-electron chi connectivity index (χ0n) is 10.6. The van der Waals surface area contributed by atoms with E-state index in [-0.39, 0.29) is 11.9 Å². The maximum absolute atomic E-state index is 7.61. The summed E-state index contributed by atoms with van der Waals surface area (Å²) in [6.45, 7) is 4.01. The van der Waals surface area contributed by atoms with Gasteiger partial charge in [-0.3, -0.25) is 5.41 Å². The van der Waals surface area contributed by atoms with E-state index in [9.17, 15) is 0 Å². The Morgan fingerprint density at radius 1 is 1.44 bits per heavy atom. The molecule has 0 aliphatic rings. The molecule has 0 amide bonds.